The SMILES string of the molecule is CC.O=C1COc2ncc(N3CCOC3=O)nc2N1. The number of aromatic nitrogens is 2. The molecule has 3 heterocycles. The van der Waals surface area contributed by atoms with Gasteiger partial charge in [0.25, 0.3) is 11.8 Å². The molecule has 0 radical (unpaired) electrons. The Morgan fingerprint density at radius 2 is 2.11 bits per heavy atom. The summed E-state index contributed by atoms with van der Waals surface area (Å²) in [4.78, 5) is 31.9. The van der Waals surface area contributed by atoms with Crippen LogP contribution in [0.4, 0.5) is 16.4 Å². The van der Waals surface area contributed by atoms with Crippen molar-refractivity contribution in [3.8, 4) is 5.88 Å². The van der Waals surface area contributed by atoms with E-state index < -0.39 is 6.09 Å². The molecule has 2 aliphatic rings. The summed E-state index contributed by atoms with van der Waals surface area (Å²) in [7, 11) is 0. The maximum atomic E-state index is 11.3. The molecule has 102 valence electrons. The quantitative estimate of drug-likeness (QED) is 0.807. The number of nitrogens with zero attached hydrogens (tertiary/aromatic N) is 3. The van der Waals surface area contributed by atoms with E-state index in [0.717, 1.165) is 0 Å². The maximum Gasteiger partial charge on any atom is 0.415 e. The fraction of sp³-hybridized carbons (Fsp3) is 0.455. The van der Waals surface area contributed by atoms with Gasteiger partial charge in [-0.15, -0.1) is 0 Å². The summed E-state index contributed by atoms with van der Waals surface area (Å²) < 4.78 is 9.85. The fourth-order valence-corrected chi connectivity index (χ4v) is 1.59. The van der Waals surface area contributed by atoms with Gasteiger partial charge in [-0.1, -0.05) is 13.8 Å². The van der Waals surface area contributed by atoms with Crippen LogP contribution in [0.5, 0.6) is 5.88 Å². The van der Waals surface area contributed by atoms with Crippen LogP contribution in [0.2, 0.25) is 0 Å². The van der Waals surface area contributed by atoms with Crippen molar-refractivity contribution in [3.63, 3.8) is 0 Å². The van der Waals surface area contributed by atoms with Gasteiger partial charge in [0.15, 0.2) is 18.2 Å². The highest BCUT2D eigenvalue weighted by molar-refractivity contribution is 5.94. The minimum absolute atomic E-state index is 0.0766. The zero-order valence-electron chi connectivity index (χ0n) is 10.7. The minimum atomic E-state index is -0.470. The molecule has 2 aliphatic heterocycles. The number of ether oxygens (including phenoxy) is 2. The molecule has 1 aromatic heterocycles. The first-order chi connectivity index (χ1) is 9.24. The van der Waals surface area contributed by atoms with Gasteiger partial charge < -0.3 is 14.8 Å². The first-order valence-corrected chi connectivity index (χ1v) is 5.98. The van der Waals surface area contributed by atoms with Gasteiger partial charge in [-0.05, 0) is 0 Å². The van der Waals surface area contributed by atoms with E-state index >= 15 is 0 Å². The van der Waals surface area contributed by atoms with E-state index in [0.29, 0.717) is 19.0 Å². The van der Waals surface area contributed by atoms with Gasteiger partial charge in [0.05, 0.1) is 12.7 Å². The van der Waals surface area contributed by atoms with Crippen LogP contribution in [0.3, 0.4) is 0 Å². The van der Waals surface area contributed by atoms with Crippen molar-refractivity contribution in [2.24, 2.45) is 0 Å². The van der Waals surface area contributed by atoms with E-state index in [-0.39, 0.29) is 24.2 Å². The maximum absolute atomic E-state index is 11.3. The lowest BCUT2D eigenvalue weighted by Crippen LogP contribution is -2.29. The second-order valence-corrected chi connectivity index (χ2v) is 3.48. The van der Waals surface area contributed by atoms with E-state index in [1.807, 2.05) is 13.8 Å². The summed E-state index contributed by atoms with van der Waals surface area (Å²) in [5.74, 6) is 0.504. The lowest BCUT2D eigenvalue weighted by Gasteiger charge is -2.18. The summed E-state index contributed by atoms with van der Waals surface area (Å²) in [5, 5.41) is 2.52. The molecule has 0 aliphatic carbocycles. The first kappa shape index (κ1) is 13.1. The smallest absolute Gasteiger partial charge is 0.415 e. The molecule has 0 bridgehead atoms. The number of cyclic esters (lactones) is 1. The van der Waals surface area contributed by atoms with Crippen molar-refractivity contribution in [1.82, 2.24) is 9.97 Å². The van der Waals surface area contributed by atoms with Crippen LogP contribution in [-0.4, -0.2) is 41.7 Å². The van der Waals surface area contributed by atoms with Gasteiger partial charge in [0.2, 0.25) is 0 Å². The molecule has 0 saturated carbocycles. The van der Waals surface area contributed by atoms with Crippen molar-refractivity contribution in [2.75, 3.05) is 30.0 Å². The van der Waals surface area contributed by atoms with Gasteiger partial charge in [-0.25, -0.2) is 14.8 Å². The molecule has 1 N–H and O–H groups in total. The number of carbonyl (C=O) groups is 2. The highest BCUT2D eigenvalue weighted by Crippen LogP contribution is 2.26. The van der Waals surface area contributed by atoms with Gasteiger partial charge in [0.1, 0.15) is 6.61 Å². The molecule has 8 nitrogen and oxygen atoms in total. The minimum Gasteiger partial charge on any atom is -0.465 e. The zero-order chi connectivity index (χ0) is 13.8. The summed E-state index contributed by atoms with van der Waals surface area (Å²) in [6.07, 6.45) is 0.936. The van der Waals surface area contributed by atoms with Crippen molar-refractivity contribution in [2.45, 2.75) is 13.8 Å². The molecule has 2 amide bonds. The third-order valence-corrected chi connectivity index (χ3v) is 2.36. The Morgan fingerprint density at radius 1 is 1.32 bits per heavy atom. The topological polar surface area (TPSA) is 93.6 Å². The lowest BCUT2D eigenvalue weighted by atomic mass is 10.4. The summed E-state index contributed by atoms with van der Waals surface area (Å²) >= 11 is 0. The van der Waals surface area contributed by atoms with Crippen LogP contribution in [0.15, 0.2) is 6.20 Å². The number of hydrogen-bond acceptors (Lipinski definition) is 6. The van der Waals surface area contributed by atoms with E-state index in [1.54, 1.807) is 0 Å². The molecular weight excluding hydrogens is 252 g/mol. The average molecular weight is 266 g/mol. The summed E-state index contributed by atoms with van der Waals surface area (Å²) in [6.45, 7) is 4.66. The van der Waals surface area contributed by atoms with Crippen LogP contribution in [0.1, 0.15) is 13.8 Å². The summed E-state index contributed by atoms with van der Waals surface area (Å²) in [5.41, 5.74) is 0. The summed E-state index contributed by atoms with van der Waals surface area (Å²) in [6, 6.07) is 0. The largest absolute Gasteiger partial charge is 0.465 e. The highest BCUT2D eigenvalue weighted by Gasteiger charge is 2.27. The standard InChI is InChI=1S/C9H8N4O4.C2H6/c14-6-4-17-8-7(12-6)11-5(3-10-8)13-1-2-16-9(13)15;1-2/h3H,1-2,4H2,(H,11,12,14);1-2H3. The highest BCUT2D eigenvalue weighted by atomic mass is 16.6. The predicted molar refractivity (Wildman–Crippen MR) is 66.2 cm³/mol. The molecule has 0 aromatic carbocycles. The Balaban J connectivity index is 0.000000637. The number of carbonyl (C=O) groups excluding carboxylic acids is 2. The number of rotatable bonds is 1. The Morgan fingerprint density at radius 3 is 2.79 bits per heavy atom. The van der Waals surface area contributed by atoms with Crippen LogP contribution in [-0.2, 0) is 9.53 Å². The molecule has 1 fully saturated rings. The van der Waals surface area contributed by atoms with Crippen molar-refractivity contribution >= 4 is 23.6 Å². The Kier molecular flexibility index (Phi) is 3.79. The third-order valence-electron chi connectivity index (χ3n) is 2.36. The fourth-order valence-electron chi connectivity index (χ4n) is 1.59. The molecule has 3 rings (SSSR count). The first-order valence-electron chi connectivity index (χ1n) is 5.98. The van der Waals surface area contributed by atoms with E-state index in [1.165, 1.54) is 11.1 Å². The molecule has 8 heteroatoms. The number of nitrogens with one attached hydrogen (secondary N) is 1. The molecule has 1 aromatic rings. The van der Waals surface area contributed by atoms with Gasteiger partial charge in [0, 0.05) is 0 Å². The van der Waals surface area contributed by atoms with Crippen molar-refractivity contribution in [1.29, 1.82) is 0 Å². The third kappa shape index (κ3) is 2.56. The van der Waals surface area contributed by atoms with Crippen LogP contribution < -0.4 is 15.0 Å². The van der Waals surface area contributed by atoms with Gasteiger partial charge in [-0.3, -0.25) is 9.69 Å². The van der Waals surface area contributed by atoms with Crippen LogP contribution in [0.25, 0.3) is 0 Å². The number of hydrogen-bond donors (Lipinski definition) is 1. The van der Waals surface area contributed by atoms with Crippen molar-refractivity contribution < 1.29 is 19.1 Å². The number of amides is 2. The van der Waals surface area contributed by atoms with Gasteiger partial charge >= 0.3 is 6.09 Å². The normalized spacial score (nSPS) is 16.6. The Bertz CT molecular complexity index is 505. The molecular formula is C11H14N4O4. The van der Waals surface area contributed by atoms with Crippen LogP contribution >= 0.6 is 0 Å². The molecule has 0 atom stereocenters. The zero-order valence-corrected chi connectivity index (χ0v) is 10.7. The Labute approximate surface area is 109 Å². The lowest BCUT2D eigenvalue weighted by molar-refractivity contribution is -0.118. The van der Waals surface area contributed by atoms with E-state index in [4.69, 9.17) is 9.47 Å². The molecule has 1 saturated heterocycles. The van der Waals surface area contributed by atoms with Gasteiger partial charge in [-0.2, -0.15) is 0 Å². The second kappa shape index (κ2) is 5.51. The number of anilines is 2. The number of fused-ring (bicyclic) bond motifs is 1. The van der Waals surface area contributed by atoms with E-state index in [9.17, 15) is 9.59 Å². The van der Waals surface area contributed by atoms with Crippen LogP contribution in [0, 0.1) is 0 Å². The second-order valence-electron chi connectivity index (χ2n) is 3.48. The molecule has 0 spiro atoms. The molecule has 0 unspecified atom stereocenters. The van der Waals surface area contributed by atoms with E-state index in [2.05, 4.69) is 15.3 Å². The Hall–Kier alpha value is -2.38. The molecule has 19 heavy (non-hydrogen) atoms. The predicted octanol–water partition coefficient (Wildman–Crippen LogP) is 0.790. The van der Waals surface area contributed by atoms with Crippen molar-refractivity contribution in [3.05, 3.63) is 6.20 Å². The monoisotopic (exact) mass is 266 g/mol. The average Bonchev–Trinajstić information content (AvgIpc) is 2.86.